The van der Waals surface area contributed by atoms with E-state index in [2.05, 4.69) is 5.32 Å². The number of nitrogens with one attached hydrogen (secondary N) is 1. The van der Waals surface area contributed by atoms with Crippen LogP contribution in [0.5, 0.6) is 11.5 Å². The van der Waals surface area contributed by atoms with Crippen LogP contribution in [0.2, 0.25) is 5.02 Å². The van der Waals surface area contributed by atoms with Gasteiger partial charge in [-0.05, 0) is 24.3 Å². The van der Waals surface area contributed by atoms with Gasteiger partial charge in [-0.25, -0.2) is 0 Å². The Morgan fingerprint density at radius 2 is 1.95 bits per heavy atom. The molecule has 1 heterocycles. The van der Waals surface area contributed by atoms with Crippen molar-refractivity contribution in [3.63, 3.8) is 0 Å². The Labute approximate surface area is 129 Å². The zero-order valence-corrected chi connectivity index (χ0v) is 11.8. The zero-order valence-electron chi connectivity index (χ0n) is 11.0. The zero-order chi connectivity index (χ0) is 15.7. The van der Waals surface area contributed by atoms with Crippen molar-refractivity contribution in [1.82, 2.24) is 0 Å². The van der Waals surface area contributed by atoms with Gasteiger partial charge >= 0.3 is 0 Å². The first-order valence-electron chi connectivity index (χ1n) is 6.19. The Morgan fingerprint density at radius 1 is 1.18 bits per heavy atom. The molecule has 0 saturated carbocycles. The molecule has 22 heavy (non-hydrogen) atoms. The highest BCUT2D eigenvalue weighted by Crippen LogP contribution is 2.34. The standard InChI is InChI=1S/C14H9ClN2O5/c15-10-3-1-8(5-11(10)17(19)20)14(18)16-9-2-4-12-13(6-9)22-7-21-12/h1-6H,7H2,(H,16,18). The van der Waals surface area contributed by atoms with E-state index in [-0.39, 0.29) is 23.1 Å². The van der Waals surface area contributed by atoms with Crippen LogP contribution in [0.15, 0.2) is 36.4 Å². The molecular formula is C14H9ClN2O5. The number of benzene rings is 2. The molecule has 1 amide bonds. The van der Waals surface area contributed by atoms with Crippen LogP contribution in [0.25, 0.3) is 0 Å². The van der Waals surface area contributed by atoms with Crippen molar-refractivity contribution >= 4 is 28.9 Å². The average molecular weight is 321 g/mol. The van der Waals surface area contributed by atoms with Gasteiger partial charge < -0.3 is 14.8 Å². The number of halogens is 1. The minimum atomic E-state index is -0.639. The van der Waals surface area contributed by atoms with Gasteiger partial charge in [0, 0.05) is 23.4 Å². The fraction of sp³-hybridized carbons (Fsp3) is 0.0714. The smallest absolute Gasteiger partial charge is 0.288 e. The van der Waals surface area contributed by atoms with Crippen molar-refractivity contribution < 1.29 is 19.2 Å². The number of hydrogen-bond donors (Lipinski definition) is 1. The predicted molar refractivity (Wildman–Crippen MR) is 78.6 cm³/mol. The summed E-state index contributed by atoms with van der Waals surface area (Å²) in [4.78, 5) is 22.4. The molecule has 112 valence electrons. The van der Waals surface area contributed by atoms with Crippen LogP contribution in [0.3, 0.4) is 0 Å². The molecule has 0 spiro atoms. The third kappa shape index (κ3) is 2.66. The molecule has 1 aliphatic heterocycles. The summed E-state index contributed by atoms with van der Waals surface area (Å²) in [5, 5.41) is 13.5. The van der Waals surface area contributed by atoms with Gasteiger partial charge in [-0.2, -0.15) is 0 Å². The number of nitrogens with zero attached hydrogens (tertiary/aromatic N) is 1. The van der Waals surface area contributed by atoms with Gasteiger partial charge in [0.05, 0.1) is 4.92 Å². The lowest BCUT2D eigenvalue weighted by Crippen LogP contribution is -2.12. The lowest BCUT2D eigenvalue weighted by Gasteiger charge is -2.06. The van der Waals surface area contributed by atoms with Gasteiger partial charge in [0.2, 0.25) is 6.79 Å². The number of anilines is 1. The van der Waals surface area contributed by atoms with Crippen molar-refractivity contribution in [3.05, 3.63) is 57.1 Å². The molecule has 2 aromatic rings. The van der Waals surface area contributed by atoms with Crippen LogP contribution in [-0.2, 0) is 0 Å². The number of carbonyl (C=O) groups excluding carboxylic acids is 1. The summed E-state index contributed by atoms with van der Waals surface area (Å²) in [6.07, 6.45) is 0. The van der Waals surface area contributed by atoms with Crippen molar-refractivity contribution in [2.24, 2.45) is 0 Å². The predicted octanol–water partition coefficient (Wildman–Crippen LogP) is 3.23. The summed E-state index contributed by atoms with van der Waals surface area (Å²) >= 11 is 5.72. The molecule has 0 aliphatic carbocycles. The van der Waals surface area contributed by atoms with Gasteiger partial charge in [0.25, 0.3) is 11.6 Å². The van der Waals surface area contributed by atoms with E-state index in [0.29, 0.717) is 17.2 Å². The van der Waals surface area contributed by atoms with E-state index < -0.39 is 10.8 Å². The van der Waals surface area contributed by atoms with Gasteiger partial charge in [-0.1, -0.05) is 11.6 Å². The maximum absolute atomic E-state index is 12.2. The van der Waals surface area contributed by atoms with E-state index in [1.165, 1.54) is 12.1 Å². The molecule has 7 nitrogen and oxygen atoms in total. The van der Waals surface area contributed by atoms with Crippen LogP contribution in [0, 0.1) is 10.1 Å². The Bertz CT molecular complexity index is 778. The highest BCUT2D eigenvalue weighted by atomic mass is 35.5. The topological polar surface area (TPSA) is 90.7 Å². The Kier molecular flexibility index (Phi) is 3.56. The molecule has 0 bridgehead atoms. The Morgan fingerprint density at radius 3 is 2.73 bits per heavy atom. The fourth-order valence-electron chi connectivity index (χ4n) is 1.97. The van der Waals surface area contributed by atoms with Crippen LogP contribution in [0.4, 0.5) is 11.4 Å². The quantitative estimate of drug-likeness (QED) is 0.692. The molecule has 0 aromatic heterocycles. The molecule has 8 heteroatoms. The highest BCUT2D eigenvalue weighted by molar-refractivity contribution is 6.32. The van der Waals surface area contributed by atoms with E-state index in [9.17, 15) is 14.9 Å². The molecule has 1 aliphatic rings. The van der Waals surface area contributed by atoms with Crippen molar-refractivity contribution in [3.8, 4) is 11.5 Å². The average Bonchev–Trinajstić information content (AvgIpc) is 2.94. The van der Waals surface area contributed by atoms with Gasteiger partial charge in [-0.3, -0.25) is 14.9 Å². The van der Waals surface area contributed by atoms with E-state index >= 15 is 0 Å². The second-order valence-corrected chi connectivity index (χ2v) is 4.85. The summed E-state index contributed by atoms with van der Waals surface area (Å²) in [6.45, 7) is 0.135. The minimum Gasteiger partial charge on any atom is -0.454 e. The van der Waals surface area contributed by atoms with Crippen molar-refractivity contribution in [1.29, 1.82) is 0 Å². The molecule has 1 N–H and O–H groups in total. The first-order chi connectivity index (χ1) is 10.5. The number of rotatable bonds is 3. The maximum atomic E-state index is 12.2. The van der Waals surface area contributed by atoms with E-state index in [1.807, 2.05) is 0 Å². The first-order valence-corrected chi connectivity index (χ1v) is 6.57. The van der Waals surface area contributed by atoms with Crippen LogP contribution >= 0.6 is 11.6 Å². The fourth-order valence-corrected chi connectivity index (χ4v) is 2.16. The van der Waals surface area contributed by atoms with E-state index in [1.54, 1.807) is 18.2 Å². The molecule has 2 aromatic carbocycles. The first kappa shape index (κ1) is 14.2. The number of fused-ring (bicyclic) bond motifs is 1. The minimum absolute atomic E-state index is 0.0235. The Hall–Kier alpha value is -2.80. The number of nitro groups is 1. The van der Waals surface area contributed by atoms with Gasteiger partial charge in [-0.15, -0.1) is 0 Å². The van der Waals surface area contributed by atoms with Crippen molar-refractivity contribution in [2.75, 3.05) is 12.1 Å². The molecule has 0 unspecified atom stereocenters. The second kappa shape index (κ2) is 5.53. The monoisotopic (exact) mass is 320 g/mol. The number of amides is 1. The van der Waals surface area contributed by atoms with Crippen LogP contribution in [0.1, 0.15) is 10.4 Å². The largest absolute Gasteiger partial charge is 0.454 e. The summed E-state index contributed by atoms with van der Waals surface area (Å²) in [7, 11) is 0. The number of ether oxygens (including phenoxy) is 2. The third-order valence-corrected chi connectivity index (χ3v) is 3.36. The third-order valence-electron chi connectivity index (χ3n) is 3.04. The number of carbonyl (C=O) groups is 1. The molecular weight excluding hydrogens is 312 g/mol. The second-order valence-electron chi connectivity index (χ2n) is 4.45. The number of nitro benzene ring substituents is 1. The normalized spacial score (nSPS) is 12.0. The van der Waals surface area contributed by atoms with Crippen LogP contribution < -0.4 is 14.8 Å². The van der Waals surface area contributed by atoms with Gasteiger partial charge in [0.15, 0.2) is 11.5 Å². The Balaban J connectivity index is 1.83. The molecule has 0 fully saturated rings. The summed E-state index contributed by atoms with van der Waals surface area (Å²) < 4.78 is 10.4. The maximum Gasteiger partial charge on any atom is 0.288 e. The molecule has 0 atom stereocenters. The number of hydrogen-bond acceptors (Lipinski definition) is 5. The summed E-state index contributed by atoms with van der Waals surface area (Å²) in [5.41, 5.74) is 0.306. The highest BCUT2D eigenvalue weighted by Gasteiger charge is 2.18. The lowest BCUT2D eigenvalue weighted by atomic mass is 10.2. The van der Waals surface area contributed by atoms with Gasteiger partial charge in [0.1, 0.15) is 5.02 Å². The van der Waals surface area contributed by atoms with Crippen LogP contribution in [-0.4, -0.2) is 17.6 Å². The molecule has 3 rings (SSSR count). The summed E-state index contributed by atoms with van der Waals surface area (Å²) in [5.74, 6) is 0.638. The summed E-state index contributed by atoms with van der Waals surface area (Å²) in [6, 6.07) is 8.79. The lowest BCUT2D eigenvalue weighted by molar-refractivity contribution is -0.384. The van der Waals surface area contributed by atoms with Crippen molar-refractivity contribution in [2.45, 2.75) is 0 Å². The molecule has 0 saturated heterocycles. The van der Waals surface area contributed by atoms with E-state index in [4.69, 9.17) is 21.1 Å². The van der Waals surface area contributed by atoms with E-state index in [0.717, 1.165) is 6.07 Å². The molecule has 0 radical (unpaired) electrons. The SMILES string of the molecule is O=C(Nc1ccc2c(c1)OCO2)c1ccc(Cl)c([N+](=O)[O-])c1.